The van der Waals surface area contributed by atoms with Crippen LogP contribution in [-0.2, 0) is 0 Å². The van der Waals surface area contributed by atoms with Crippen LogP contribution in [0, 0.1) is 22.7 Å². The third-order valence-electron chi connectivity index (χ3n) is 9.36. The molecule has 2 saturated carbocycles. The van der Waals surface area contributed by atoms with E-state index in [1.165, 1.54) is 12.0 Å². The van der Waals surface area contributed by atoms with E-state index in [2.05, 4.69) is 39.0 Å². The zero-order chi connectivity index (χ0) is 23.4. The van der Waals surface area contributed by atoms with Gasteiger partial charge in [-0.3, -0.25) is 0 Å². The van der Waals surface area contributed by atoms with Gasteiger partial charge < -0.3 is 15.3 Å². The SMILES string of the molecule is CCC1=CC[C@H]2C3=CC=C4C[C@](O)(SCCCCC(C)(C)O)C[C@H](O)[C@]4(C)[C@H]3CC[C@]12C. The largest absolute Gasteiger partial charge is 0.392 e. The van der Waals surface area contributed by atoms with Crippen molar-refractivity contribution in [2.75, 3.05) is 5.75 Å². The Bertz CT molecular complexity index is 821. The topological polar surface area (TPSA) is 60.7 Å². The molecule has 0 bridgehead atoms. The molecule has 0 saturated heterocycles. The van der Waals surface area contributed by atoms with Crippen LogP contribution in [0.1, 0.15) is 92.4 Å². The summed E-state index contributed by atoms with van der Waals surface area (Å²) in [4.78, 5) is -0.891. The second-order valence-corrected chi connectivity index (χ2v) is 13.4. The Morgan fingerprint density at radius 3 is 2.59 bits per heavy atom. The maximum Gasteiger partial charge on any atom is 0.116 e. The molecule has 0 spiro atoms. The van der Waals surface area contributed by atoms with E-state index in [9.17, 15) is 15.3 Å². The Balaban J connectivity index is 1.48. The van der Waals surface area contributed by atoms with Crippen molar-refractivity contribution in [3.05, 3.63) is 34.9 Å². The first-order valence-corrected chi connectivity index (χ1v) is 13.8. The molecule has 3 nitrogen and oxygen atoms in total. The van der Waals surface area contributed by atoms with Crippen molar-refractivity contribution in [2.24, 2.45) is 22.7 Å². The molecule has 0 heterocycles. The lowest BCUT2D eigenvalue weighted by Crippen LogP contribution is -2.54. The van der Waals surface area contributed by atoms with E-state index < -0.39 is 16.6 Å². The third kappa shape index (κ3) is 4.19. The van der Waals surface area contributed by atoms with Crippen molar-refractivity contribution in [1.82, 2.24) is 0 Å². The monoisotopic (exact) mass is 460 g/mol. The molecule has 0 aliphatic heterocycles. The van der Waals surface area contributed by atoms with Gasteiger partial charge in [-0.25, -0.2) is 0 Å². The van der Waals surface area contributed by atoms with Gasteiger partial charge in [0.25, 0.3) is 0 Å². The highest BCUT2D eigenvalue weighted by molar-refractivity contribution is 8.00. The number of unbranched alkanes of at least 4 members (excludes halogenated alkanes) is 1. The molecule has 0 amide bonds. The number of rotatable bonds is 7. The highest BCUT2D eigenvalue weighted by Crippen LogP contribution is 2.65. The summed E-state index contributed by atoms with van der Waals surface area (Å²) in [5.41, 5.74) is 3.83. The van der Waals surface area contributed by atoms with E-state index in [-0.39, 0.29) is 10.8 Å². The molecule has 0 unspecified atom stereocenters. The second kappa shape index (κ2) is 8.59. The van der Waals surface area contributed by atoms with Crippen molar-refractivity contribution in [3.63, 3.8) is 0 Å². The molecule has 2 fully saturated rings. The number of fused-ring (bicyclic) bond motifs is 5. The molecule has 0 aromatic rings. The Morgan fingerprint density at radius 1 is 1.16 bits per heavy atom. The summed E-state index contributed by atoms with van der Waals surface area (Å²) in [5.74, 6) is 1.82. The molecule has 6 atom stereocenters. The van der Waals surface area contributed by atoms with E-state index in [1.807, 2.05) is 13.8 Å². The smallest absolute Gasteiger partial charge is 0.116 e. The van der Waals surface area contributed by atoms with Crippen LogP contribution in [0.15, 0.2) is 34.9 Å². The number of allylic oxidation sites excluding steroid dienone is 5. The molecule has 3 N–H and O–H groups in total. The molecule has 4 heteroatoms. The molecule has 0 radical (unpaired) electrons. The Morgan fingerprint density at radius 2 is 1.91 bits per heavy atom. The zero-order valence-electron chi connectivity index (χ0n) is 20.8. The molecule has 0 aromatic carbocycles. The molecule has 32 heavy (non-hydrogen) atoms. The standard InChI is InChI=1S/C28H44O3S/c1-6-19-10-12-22-21-11-9-20-17-28(31,32-16-8-7-14-25(2,3)30)18-24(29)27(20,5)23(21)13-15-26(19,22)4/h9-11,22-24,29-31H,6-8,12-18H2,1-5H3/t22-,23-,24-,26+,27-,28-/m0/s1. The average Bonchev–Trinajstić information content (AvgIpc) is 3.04. The van der Waals surface area contributed by atoms with E-state index in [0.717, 1.165) is 44.3 Å². The number of thioether (sulfide) groups is 1. The number of aliphatic hydroxyl groups excluding tert-OH is 1. The van der Waals surface area contributed by atoms with Gasteiger partial charge in [-0.05, 0) is 81.8 Å². The first-order chi connectivity index (χ1) is 14.9. The van der Waals surface area contributed by atoms with Gasteiger partial charge in [0.2, 0.25) is 0 Å². The van der Waals surface area contributed by atoms with E-state index in [0.29, 0.717) is 24.7 Å². The van der Waals surface area contributed by atoms with Gasteiger partial charge in [0.15, 0.2) is 0 Å². The van der Waals surface area contributed by atoms with Gasteiger partial charge in [0, 0.05) is 18.3 Å². The van der Waals surface area contributed by atoms with Crippen LogP contribution in [-0.4, -0.2) is 37.7 Å². The first kappa shape index (κ1) is 24.6. The fraction of sp³-hybridized carbons (Fsp3) is 0.786. The summed E-state index contributed by atoms with van der Waals surface area (Å²) in [6, 6.07) is 0. The van der Waals surface area contributed by atoms with Gasteiger partial charge in [0.1, 0.15) is 4.93 Å². The van der Waals surface area contributed by atoms with Crippen molar-refractivity contribution in [1.29, 1.82) is 0 Å². The summed E-state index contributed by atoms with van der Waals surface area (Å²) < 4.78 is 0. The maximum atomic E-state index is 11.5. The van der Waals surface area contributed by atoms with Crippen LogP contribution in [0.4, 0.5) is 0 Å². The van der Waals surface area contributed by atoms with Gasteiger partial charge in [-0.1, -0.05) is 55.7 Å². The highest BCUT2D eigenvalue weighted by atomic mass is 32.2. The molecule has 4 aliphatic carbocycles. The quantitative estimate of drug-likeness (QED) is 0.242. The van der Waals surface area contributed by atoms with Crippen molar-refractivity contribution >= 4 is 11.8 Å². The van der Waals surface area contributed by atoms with Crippen LogP contribution in [0.25, 0.3) is 0 Å². The fourth-order valence-electron chi connectivity index (χ4n) is 7.31. The molecule has 4 rings (SSSR count). The Labute approximate surface area is 199 Å². The van der Waals surface area contributed by atoms with Crippen LogP contribution >= 0.6 is 11.8 Å². The molecular formula is C28H44O3S. The maximum absolute atomic E-state index is 11.5. The lowest BCUT2D eigenvalue weighted by Gasteiger charge is -2.57. The van der Waals surface area contributed by atoms with Crippen LogP contribution in [0.2, 0.25) is 0 Å². The van der Waals surface area contributed by atoms with Gasteiger partial charge in [-0.15, -0.1) is 11.8 Å². The fourth-order valence-corrected chi connectivity index (χ4v) is 8.57. The predicted octanol–water partition coefficient (Wildman–Crippen LogP) is 6.15. The summed E-state index contributed by atoms with van der Waals surface area (Å²) in [6.45, 7) is 10.7. The molecule has 180 valence electrons. The Hall–Kier alpha value is -0.550. The van der Waals surface area contributed by atoms with Gasteiger partial charge >= 0.3 is 0 Å². The summed E-state index contributed by atoms with van der Waals surface area (Å²) in [6.07, 6.45) is 15.0. The minimum absolute atomic E-state index is 0.256. The van der Waals surface area contributed by atoms with Crippen LogP contribution in [0.5, 0.6) is 0 Å². The van der Waals surface area contributed by atoms with Gasteiger partial charge in [-0.2, -0.15) is 0 Å². The third-order valence-corrected chi connectivity index (χ3v) is 10.7. The lowest BCUT2D eigenvalue weighted by atomic mass is 9.49. The minimum Gasteiger partial charge on any atom is -0.392 e. The summed E-state index contributed by atoms with van der Waals surface area (Å²) >= 11 is 1.60. The molecular weight excluding hydrogens is 416 g/mol. The number of hydrogen-bond acceptors (Lipinski definition) is 4. The summed E-state index contributed by atoms with van der Waals surface area (Å²) in [5, 5.41) is 32.8. The normalized spacial score (nSPS) is 41.2. The van der Waals surface area contributed by atoms with Crippen LogP contribution in [0.3, 0.4) is 0 Å². The predicted molar refractivity (Wildman–Crippen MR) is 134 cm³/mol. The van der Waals surface area contributed by atoms with Gasteiger partial charge in [0.05, 0.1) is 11.7 Å². The number of aliphatic hydroxyl groups is 3. The van der Waals surface area contributed by atoms with E-state index in [4.69, 9.17) is 0 Å². The first-order valence-electron chi connectivity index (χ1n) is 12.8. The van der Waals surface area contributed by atoms with E-state index in [1.54, 1.807) is 22.9 Å². The minimum atomic E-state index is -0.891. The lowest BCUT2D eigenvalue weighted by molar-refractivity contribution is -0.0597. The molecule has 4 aliphatic rings. The molecule has 0 aromatic heterocycles. The Kier molecular flexibility index (Phi) is 6.60. The van der Waals surface area contributed by atoms with Crippen LogP contribution < -0.4 is 0 Å². The number of hydrogen-bond donors (Lipinski definition) is 3. The van der Waals surface area contributed by atoms with Crippen molar-refractivity contribution < 1.29 is 15.3 Å². The summed E-state index contributed by atoms with van der Waals surface area (Å²) in [7, 11) is 0. The van der Waals surface area contributed by atoms with Crippen molar-refractivity contribution in [3.8, 4) is 0 Å². The zero-order valence-corrected chi connectivity index (χ0v) is 21.6. The van der Waals surface area contributed by atoms with Crippen molar-refractivity contribution in [2.45, 2.75) is 109 Å². The van der Waals surface area contributed by atoms with E-state index >= 15 is 0 Å². The second-order valence-electron chi connectivity index (χ2n) is 12.0. The highest BCUT2D eigenvalue weighted by Gasteiger charge is 2.58. The average molecular weight is 461 g/mol.